The number of rotatable bonds is 3. The van der Waals surface area contributed by atoms with Gasteiger partial charge >= 0.3 is 0 Å². The molecule has 1 aromatic carbocycles. The Morgan fingerprint density at radius 2 is 1.93 bits per heavy atom. The molecular formula is C11H16N2O2. The summed E-state index contributed by atoms with van der Waals surface area (Å²) in [5.74, 6) is 0.653. The maximum absolute atomic E-state index is 11.6. The van der Waals surface area contributed by atoms with Crippen molar-refractivity contribution >= 4 is 11.6 Å². The van der Waals surface area contributed by atoms with Crippen molar-refractivity contribution in [3.8, 4) is 5.75 Å². The maximum atomic E-state index is 11.6. The SMILES string of the molecule is COc1ccc(N(C)C(=O)C(C)N)cc1. The fourth-order valence-electron chi connectivity index (χ4n) is 1.24. The summed E-state index contributed by atoms with van der Waals surface area (Å²) >= 11 is 0. The molecule has 0 saturated carbocycles. The van der Waals surface area contributed by atoms with Crippen LogP contribution in [0.4, 0.5) is 5.69 Å². The van der Waals surface area contributed by atoms with Crippen LogP contribution in [0.1, 0.15) is 6.92 Å². The van der Waals surface area contributed by atoms with Gasteiger partial charge in [-0.2, -0.15) is 0 Å². The Kier molecular flexibility index (Phi) is 3.68. The molecule has 2 N–H and O–H groups in total. The van der Waals surface area contributed by atoms with Gasteiger partial charge in [-0.15, -0.1) is 0 Å². The second kappa shape index (κ2) is 4.79. The molecule has 1 atom stereocenters. The van der Waals surface area contributed by atoms with Crippen LogP contribution >= 0.6 is 0 Å². The van der Waals surface area contributed by atoms with Gasteiger partial charge in [-0.25, -0.2) is 0 Å². The molecule has 4 nitrogen and oxygen atoms in total. The Morgan fingerprint density at radius 3 is 2.33 bits per heavy atom. The molecule has 0 radical (unpaired) electrons. The van der Waals surface area contributed by atoms with E-state index >= 15 is 0 Å². The van der Waals surface area contributed by atoms with E-state index in [9.17, 15) is 4.79 Å². The molecule has 0 aliphatic heterocycles. The molecule has 1 rings (SSSR count). The van der Waals surface area contributed by atoms with Gasteiger partial charge in [0.1, 0.15) is 5.75 Å². The summed E-state index contributed by atoms with van der Waals surface area (Å²) in [6, 6.07) is 6.76. The molecule has 4 heteroatoms. The van der Waals surface area contributed by atoms with Crippen molar-refractivity contribution in [1.29, 1.82) is 0 Å². The van der Waals surface area contributed by atoms with Crippen LogP contribution in [0.5, 0.6) is 5.75 Å². The quantitative estimate of drug-likeness (QED) is 0.806. The molecule has 82 valence electrons. The number of anilines is 1. The monoisotopic (exact) mass is 208 g/mol. The summed E-state index contributed by atoms with van der Waals surface area (Å²) in [5, 5.41) is 0. The lowest BCUT2D eigenvalue weighted by atomic mass is 10.2. The van der Waals surface area contributed by atoms with E-state index in [0.717, 1.165) is 11.4 Å². The van der Waals surface area contributed by atoms with Crippen LogP contribution in [0.25, 0.3) is 0 Å². The van der Waals surface area contributed by atoms with Crippen molar-refractivity contribution in [2.24, 2.45) is 5.73 Å². The number of amides is 1. The second-order valence-electron chi connectivity index (χ2n) is 3.38. The number of hydrogen-bond donors (Lipinski definition) is 1. The topological polar surface area (TPSA) is 55.6 Å². The number of ether oxygens (including phenoxy) is 1. The average Bonchev–Trinajstić information content (AvgIpc) is 2.27. The number of nitrogens with two attached hydrogens (primary N) is 1. The third kappa shape index (κ3) is 2.70. The van der Waals surface area contributed by atoms with Crippen molar-refractivity contribution < 1.29 is 9.53 Å². The summed E-state index contributed by atoms with van der Waals surface area (Å²) in [5.41, 5.74) is 6.32. The molecule has 0 aliphatic carbocycles. The molecule has 0 bridgehead atoms. The van der Waals surface area contributed by atoms with Crippen LogP contribution in [-0.4, -0.2) is 26.1 Å². The van der Waals surface area contributed by atoms with Crippen molar-refractivity contribution in [2.45, 2.75) is 13.0 Å². The van der Waals surface area contributed by atoms with Gasteiger partial charge in [0.05, 0.1) is 13.2 Å². The fraction of sp³-hybridized carbons (Fsp3) is 0.364. The van der Waals surface area contributed by atoms with Crippen LogP contribution < -0.4 is 15.4 Å². The zero-order valence-electron chi connectivity index (χ0n) is 9.23. The van der Waals surface area contributed by atoms with Gasteiger partial charge in [0, 0.05) is 12.7 Å². The lowest BCUT2D eigenvalue weighted by molar-refractivity contribution is -0.119. The second-order valence-corrected chi connectivity index (χ2v) is 3.38. The van der Waals surface area contributed by atoms with Gasteiger partial charge in [0.15, 0.2) is 0 Å². The first kappa shape index (κ1) is 11.5. The maximum Gasteiger partial charge on any atom is 0.243 e. The molecule has 0 saturated heterocycles. The van der Waals surface area contributed by atoms with E-state index in [1.165, 1.54) is 4.90 Å². The molecule has 1 aromatic rings. The van der Waals surface area contributed by atoms with E-state index in [1.54, 1.807) is 33.2 Å². The highest BCUT2D eigenvalue weighted by Crippen LogP contribution is 2.18. The summed E-state index contributed by atoms with van der Waals surface area (Å²) in [7, 11) is 3.30. The smallest absolute Gasteiger partial charge is 0.243 e. The summed E-state index contributed by atoms with van der Waals surface area (Å²) in [6.45, 7) is 1.67. The van der Waals surface area contributed by atoms with Crippen molar-refractivity contribution in [3.05, 3.63) is 24.3 Å². The van der Waals surface area contributed by atoms with Crippen molar-refractivity contribution in [2.75, 3.05) is 19.1 Å². The van der Waals surface area contributed by atoms with Crippen molar-refractivity contribution in [1.82, 2.24) is 0 Å². The minimum atomic E-state index is -0.489. The summed E-state index contributed by atoms with van der Waals surface area (Å²) in [4.78, 5) is 13.1. The Balaban J connectivity index is 2.82. The Morgan fingerprint density at radius 1 is 1.40 bits per heavy atom. The minimum absolute atomic E-state index is 0.111. The number of likely N-dealkylation sites (N-methyl/N-ethyl adjacent to an activating group) is 1. The molecule has 0 spiro atoms. The number of hydrogen-bond acceptors (Lipinski definition) is 3. The largest absolute Gasteiger partial charge is 0.497 e. The van der Waals surface area contributed by atoms with E-state index in [0.29, 0.717) is 0 Å². The van der Waals surface area contributed by atoms with Gasteiger partial charge in [-0.05, 0) is 31.2 Å². The number of nitrogens with zero attached hydrogens (tertiary/aromatic N) is 1. The van der Waals surface area contributed by atoms with Crippen LogP contribution in [0, 0.1) is 0 Å². The third-order valence-electron chi connectivity index (χ3n) is 2.18. The normalized spacial score (nSPS) is 12.0. The van der Waals surface area contributed by atoms with Crippen LogP contribution in [0.3, 0.4) is 0 Å². The number of carbonyl (C=O) groups is 1. The van der Waals surface area contributed by atoms with Gasteiger partial charge in [0.25, 0.3) is 0 Å². The van der Waals surface area contributed by atoms with E-state index in [-0.39, 0.29) is 5.91 Å². The van der Waals surface area contributed by atoms with E-state index in [1.807, 2.05) is 12.1 Å². The number of benzene rings is 1. The van der Waals surface area contributed by atoms with Gasteiger partial charge in [-0.3, -0.25) is 4.79 Å². The number of methoxy groups -OCH3 is 1. The van der Waals surface area contributed by atoms with Crippen LogP contribution in [0.2, 0.25) is 0 Å². The minimum Gasteiger partial charge on any atom is -0.497 e. The first-order chi connectivity index (χ1) is 7.06. The first-order valence-corrected chi connectivity index (χ1v) is 4.73. The highest BCUT2D eigenvalue weighted by Gasteiger charge is 2.14. The highest BCUT2D eigenvalue weighted by molar-refractivity contribution is 5.96. The standard InChI is InChI=1S/C11H16N2O2/c1-8(12)11(14)13(2)9-4-6-10(15-3)7-5-9/h4-8H,12H2,1-3H3. The average molecular weight is 208 g/mol. The molecule has 0 fully saturated rings. The van der Waals surface area contributed by atoms with Gasteiger partial charge in [0.2, 0.25) is 5.91 Å². The van der Waals surface area contributed by atoms with Gasteiger partial charge < -0.3 is 15.4 Å². The Bertz CT molecular complexity index is 333. The molecule has 0 heterocycles. The summed E-state index contributed by atoms with van der Waals surface area (Å²) in [6.07, 6.45) is 0. The third-order valence-corrected chi connectivity index (χ3v) is 2.18. The Hall–Kier alpha value is -1.55. The lowest BCUT2D eigenvalue weighted by Crippen LogP contribution is -2.39. The highest BCUT2D eigenvalue weighted by atomic mass is 16.5. The lowest BCUT2D eigenvalue weighted by Gasteiger charge is -2.19. The number of carbonyl (C=O) groups excluding carboxylic acids is 1. The zero-order valence-corrected chi connectivity index (χ0v) is 9.23. The van der Waals surface area contributed by atoms with E-state index in [2.05, 4.69) is 0 Å². The molecule has 0 aliphatic rings. The van der Waals surface area contributed by atoms with Gasteiger partial charge in [-0.1, -0.05) is 0 Å². The Labute approximate surface area is 89.6 Å². The molecule has 15 heavy (non-hydrogen) atoms. The molecule has 0 aromatic heterocycles. The van der Waals surface area contributed by atoms with E-state index < -0.39 is 6.04 Å². The summed E-state index contributed by atoms with van der Waals surface area (Å²) < 4.78 is 5.03. The van der Waals surface area contributed by atoms with Crippen molar-refractivity contribution in [3.63, 3.8) is 0 Å². The predicted octanol–water partition coefficient (Wildman–Crippen LogP) is 1.01. The fourth-order valence-corrected chi connectivity index (χ4v) is 1.24. The molecular weight excluding hydrogens is 192 g/mol. The van der Waals surface area contributed by atoms with Crippen LogP contribution in [-0.2, 0) is 4.79 Å². The molecule has 1 unspecified atom stereocenters. The zero-order chi connectivity index (χ0) is 11.4. The van der Waals surface area contributed by atoms with E-state index in [4.69, 9.17) is 10.5 Å². The first-order valence-electron chi connectivity index (χ1n) is 4.73. The molecule has 1 amide bonds. The van der Waals surface area contributed by atoms with Crippen LogP contribution in [0.15, 0.2) is 24.3 Å². The predicted molar refractivity (Wildman–Crippen MR) is 60.1 cm³/mol.